The second kappa shape index (κ2) is 6.97. The molecule has 1 aliphatic rings. The van der Waals surface area contributed by atoms with E-state index in [-0.39, 0.29) is 5.60 Å². The molecule has 0 N–H and O–H groups in total. The molecule has 0 bridgehead atoms. The topological polar surface area (TPSA) is 21.8 Å². The largest absolute Gasteiger partial charge is 0.497 e. The zero-order valence-corrected chi connectivity index (χ0v) is 14.0. The molecule has 0 aliphatic carbocycles. The van der Waals surface area contributed by atoms with Gasteiger partial charge in [0.25, 0.3) is 0 Å². The molecule has 2 rings (SSSR count). The van der Waals surface area contributed by atoms with Crippen LogP contribution in [0.1, 0.15) is 32.8 Å². The highest BCUT2D eigenvalue weighted by Gasteiger charge is 2.51. The van der Waals surface area contributed by atoms with Gasteiger partial charge in [-0.3, -0.25) is 0 Å². The van der Waals surface area contributed by atoms with Crippen molar-refractivity contribution in [3.05, 3.63) is 60.2 Å². The van der Waals surface area contributed by atoms with E-state index in [2.05, 4.69) is 57.7 Å². The molecule has 0 radical (unpaired) electrons. The Hall–Kier alpha value is -1.80. The predicted octanol–water partition coefficient (Wildman–Crippen LogP) is 5.02. The summed E-state index contributed by atoms with van der Waals surface area (Å²) in [5.74, 6) is 1.27. The van der Waals surface area contributed by atoms with Gasteiger partial charge in [0, 0.05) is 5.92 Å². The molecule has 2 heteroatoms. The lowest BCUT2D eigenvalue weighted by Gasteiger charge is -2.09. The van der Waals surface area contributed by atoms with Crippen LogP contribution in [0.5, 0.6) is 5.75 Å². The van der Waals surface area contributed by atoms with E-state index in [4.69, 9.17) is 9.47 Å². The van der Waals surface area contributed by atoms with Crippen molar-refractivity contribution < 1.29 is 9.47 Å². The van der Waals surface area contributed by atoms with Crippen LogP contribution in [-0.2, 0) is 4.74 Å². The van der Waals surface area contributed by atoms with E-state index in [1.807, 2.05) is 18.2 Å². The number of allylic oxidation sites excluding steroid dienone is 3. The fourth-order valence-corrected chi connectivity index (χ4v) is 2.66. The first kappa shape index (κ1) is 16.6. The van der Waals surface area contributed by atoms with Gasteiger partial charge >= 0.3 is 0 Å². The Bertz CT molecular complexity index is 564. The van der Waals surface area contributed by atoms with E-state index in [0.717, 1.165) is 12.2 Å². The summed E-state index contributed by atoms with van der Waals surface area (Å²) in [6.45, 7) is 10.2. The van der Waals surface area contributed by atoms with Crippen LogP contribution in [-0.4, -0.2) is 18.8 Å². The Morgan fingerprint density at radius 3 is 2.50 bits per heavy atom. The SMILES string of the molecule is C=CC(C)=CC(CC=Cc1ccc(OC)cc1)C1OC1(C)C. The molecule has 1 aromatic carbocycles. The first-order valence-corrected chi connectivity index (χ1v) is 7.75. The van der Waals surface area contributed by atoms with E-state index in [1.165, 1.54) is 11.1 Å². The van der Waals surface area contributed by atoms with Gasteiger partial charge in [0.15, 0.2) is 0 Å². The molecule has 0 spiro atoms. The second-order valence-corrected chi connectivity index (χ2v) is 6.33. The molecule has 2 unspecified atom stereocenters. The summed E-state index contributed by atoms with van der Waals surface area (Å²) in [7, 11) is 1.68. The van der Waals surface area contributed by atoms with Gasteiger partial charge in [0.1, 0.15) is 5.75 Å². The van der Waals surface area contributed by atoms with Crippen LogP contribution in [0.3, 0.4) is 0 Å². The first-order chi connectivity index (χ1) is 10.5. The molecular weight excluding hydrogens is 272 g/mol. The maximum Gasteiger partial charge on any atom is 0.118 e. The lowest BCUT2D eigenvalue weighted by Crippen LogP contribution is -2.13. The molecule has 22 heavy (non-hydrogen) atoms. The number of ether oxygens (including phenoxy) is 2. The quantitative estimate of drug-likeness (QED) is 0.520. The first-order valence-electron chi connectivity index (χ1n) is 7.75. The maximum absolute atomic E-state index is 5.82. The molecule has 0 aromatic heterocycles. The lowest BCUT2D eigenvalue weighted by atomic mass is 9.92. The third-order valence-electron chi connectivity index (χ3n) is 4.08. The van der Waals surface area contributed by atoms with Crippen molar-refractivity contribution in [3.63, 3.8) is 0 Å². The Morgan fingerprint density at radius 2 is 2.00 bits per heavy atom. The van der Waals surface area contributed by atoms with Crippen molar-refractivity contribution >= 4 is 6.08 Å². The molecule has 0 amide bonds. The lowest BCUT2D eigenvalue weighted by molar-refractivity contribution is 0.307. The third kappa shape index (κ3) is 4.35. The Kier molecular flexibility index (Phi) is 5.25. The minimum Gasteiger partial charge on any atom is -0.497 e. The van der Waals surface area contributed by atoms with Crippen LogP contribution >= 0.6 is 0 Å². The van der Waals surface area contributed by atoms with E-state index >= 15 is 0 Å². The third-order valence-corrected chi connectivity index (χ3v) is 4.08. The fraction of sp³-hybridized carbons (Fsp3) is 0.400. The second-order valence-electron chi connectivity index (χ2n) is 6.33. The van der Waals surface area contributed by atoms with E-state index in [9.17, 15) is 0 Å². The predicted molar refractivity (Wildman–Crippen MR) is 93.0 cm³/mol. The van der Waals surface area contributed by atoms with Crippen molar-refractivity contribution in [2.75, 3.05) is 7.11 Å². The summed E-state index contributed by atoms with van der Waals surface area (Å²) in [5.41, 5.74) is 2.38. The minimum atomic E-state index is -0.00340. The summed E-state index contributed by atoms with van der Waals surface area (Å²) in [5, 5.41) is 0. The highest BCUT2D eigenvalue weighted by Crippen LogP contribution is 2.43. The monoisotopic (exact) mass is 298 g/mol. The van der Waals surface area contributed by atoms with Crippen LogP contribution in [0.15, 0.2) is 54.6 Å². The van der Waals surface area contributed by atoms with Gasteiger partial charge in [-0.05, 0) is 44.9 Å². The van der Waals surface area contributed by atoms with Gasteiger partial charge in [0.05, 0.1) is 18.8 Å². The van der Waals surface area contributed by atoms with Crippen molar-refractivity contribution in [3.8, 4) is 5.75 Å². The average molecular weight is 298 g/mol. The highest BCUT2D eigenvalue weighted by molar-refractivity contribution is 5.50. The van der Waals surface area contributed by atoms with E-state index in [0.29, 0.717) is 12.0 Å². The molecule has 1 aliphatic heterocycles. The summed E-state index contributed by atoms with van der Waals surface area (Å²) < 4.78 is 11.0. The number of benzene rings is 1. The fourth-order valence-electron chi connectivity index (χ4n) is 2.66. The zero-order chi connectivity index (χ0) is 16.2. The molecule has 1 fully saturated rings. The summed E-state index contributed by atoms with van der Waals surface area (Å²) in [6.07, 6.45) is 9.80. The summed E-state index contributed by atoms with van der Waals surface area (Å²) >= 11 is 0. The minimum absolute atomic E-state index is 0.00340. The van der Waals surface area contributed by atoms with Crippen molar-refractivity contribution in [2.24, 2.45) is 5.92 Å². The van der Waals surface area contributed by atoms with Gasteiger partial charge in [-0.1, -0.05) is 48.6 Å². The van der Waals surface area contributed by atoms with Gasteiger partial charge < -0.3 is 9.47 Å². The molecule has 2 atom stereocenters. The van der Waals surface area contributed by atoms with Crippen molar-refractivity contribution in [1.29, 1.82) is 0 Å². The van der Waals surface area contributed by atoms with Crippen LogP contribution in [0, 0.1) is 5.92 Å². The summed E-state index contributed by atoms with van der Waals surface area (Å²) in [4.78, 5) is 0. The van der Waals surface area contributed by atoms with Crippen molar-refractivity contribution in [2.45, 2.75) is 38.9 Å². The maximum atomic E-state index is 5.82. The van der Waals surface area contributed by atoms with Gasteiger partial charge in [-0.15, -0.1) is 0 Å². The number of hydrogen-bond donors (Lipinski definition) is 0. The molecule has 118 valence electrons. The molecule has 1 aromatic rings. The number of hydrogen-bond acceptors (Lipinski definition) is 2. The van der Waals surface area contributed by atoms with Gasteiger partial charge in [-0.2, -0.15) is 0 Å². The normalized spacial score (nSPS) is 21.6. The van der Waals surface area contributed by atoms with Crippen LogP contribution in [0.2, 0.25) is 0 Å². The standard InChI is InChI=1S/C20H26O2/c1-6-15(2)14-17(19-20(3,4)22-19)9-7-8-16-10-12-18(21-5)13-11-16/h6-8,10-14,17,19H,1,9H2,2-5H3. The Morgan fingerprint density at radius 1 is 1.36 bits per heavy atom. The van der Waals surface area contributed by atoms with Gasteiger partial charge in [-0.25, -0.2) is 0 Å². The van der Waals surface area contributed by atoms with E-state index < -0.39 is 0 Å². The summed E-state index contributed by atoms with van der Waals surface area (Å²) in [6, 6.07) is 8.08. The van der Waals surface area contributed by atoms with Crippen LogP contribution in [0.4, 0.5) is 0 Å². The zero-order valence-electron chi connectivity index (χ0n) is 14.0. The molecular formula is C20H26O2. The van der Waals surface area contributed by atoms with E-state index in [1.54, 1.807) is 7.11 Å². The number of rotatable bonds is 7. The molecule has 1 saturated heterocycles. The van der Waals surface area contributed by atoms with Crippen LogP contribution in [0.25, 0.3) is 6.08 Å². The molecule has 2 nitrogen and oxygen atoms in total. The number of methoxy groups -OCH3 is 1. The van der Waals surface area contributed by atoms with Crippen LogP contribution < -0.4 is 4.74 Å². The number of epoxide rings is 1. The Balaban J connectivity index is 2.01. The molecule has 0 saturated carbocycles. The Labute approximate surface area is 134 Å². The smallest absolute Gasteiger partial charge is 0.118 e. The van der Waals surface area contributed by atoms with Crippen molar-refractivity contribution in [1.82, 2.24) is 0 Å². The van der Waals surface area contributed by atoms with Gasteiger partial charge in [0.2, 0.25) is 0 Å². The highest BCUT2D eigenvalue weighted by atomic mass is 16.6. The molecule has 1 heterocycles. The average Bonchev–Trinajstić information content (AvgIpc) is 3.15.